The van der Waals surface area contributed by atoms with Gasteiger partial charge in [0.15, 0.2) is 0 Å². The lowest BCUT2D eigenvalue weighted by atomic mass is 9.96. The van der Waals surface area contributed by atoms with Crippen molar-refractivity contribution in [2.45, 2.75) is 6.92 Å². The minimum atomic E-state index is -0.213. The summed E-state index contributed by atoms with van der Waals surface area (Å²) in [7, 11) is 0. The minimum Gasteiger partial charge on any atom is -0.368 e. The van der Waals surface area contributed by atoms with Gasteiger partial charge in [-0.25, -0.2) is 4.39 Å². The number of benzene rings is 1. The molecule has 1 aromatic rings. The van der Waals surface area contributed by atoms with Crippen molar-refractivity contribution in [1.82, 2.24) is 10.2 Å². The minimum absolute atomic E-state index is 0. The van der Waals surface area contributed by atoms with E-state index in [9.17, 15) is 9.18 Å². The predicted molar refractivity (Wildman–Crippen MR) is 88.0 cm³/mol. The molecular weight excluding hydrogens is 305 g/mol. The van der Waals surface area contributed by atoms with Crippen molar-refractivity contribution in [2.75, 3.05) is 44.2 Å². The fourth-order valence-electron chi connectivity index (χ4n) is 3.21. The molecule has 0 spiro atoms. The number of hydrogen-bond acceptors (Lipinski definition) is 3. The molecule has 0 radical (unpaired) electrons. The molecule has 2 atom stereocenters. The predicted octanol–water partition coefficient (Wildman–Crippen LogP) is 1.75. The van der Waals surface area contributed by atoms with Gasteiger partial charge in [-0.2, -0.15) is 0 Å². The molecule has 122 valence electrons. The molecule has 4 nitrogen and oxygen atoms in total. The number of rotatable bonds is 2. The summed E-state index contributed by atoms with van der Waals surface area (Å²) >= 11 is 0. The second-order valence-electron chi connectivity index (χ2n) is 6.03. The summed E-state index contributed by atoms with van der Waals surface area (Å²) in [6.07, 6.45) is 0. The van der Waals surface area contributed by atoms with Crippen LogP contribution in [0.3, 0.4) is 0 Å². The zero-order valence-electron chi connectivity index (χ0n) is 12.8. The maximum atomic E-state index is 13.0. The first-order valence-electron chi connectivity index (χ1n) is 7.65. The normalized spacial score (nSPS) is 25.0. The van der Waals surface area contributed by atoms with E-state index in [2.05, 4.69) is 17.1 Å². The second kappa shape index (κ2) is 7.29. The van der Waals surface area contributed by atoms with Crippen molar-refractivity contribution in [3.8, 4) is 0 Å². The van der Waals surface area contributed by atoms with Crippen LogP contribution >= 0.6 is 12.4 Å². The van der Waals surface area contributed by atoms with Crippen LogP contribution in [0.25, 0.3) is 0 Å². The first-order chi connectivity index (χ1) is 10.1. The van der Waals surface area contributed by atoms with E-state index in [0.717, 1.165) is 45.0 Å². The number of halogens is 2. The summed E-state index contributed by atoms with van der Waals surface area (Å²) in [6, 6.07) is 6.57. The Bertz CT molecular complexity index is 503. The number of carbonyl (C=O) groups excluding carboxylic acids is 1. The van der Waals surface area contributed by atoms with Gasteiger partial charge in [0, 0.05) is 38.4 Å². The van der Waals surface area contributed by atoms with Crippen molar-refractivity contribution in [3.63, 3.8) is 0 Å². The standard InChI is InChI=1S/C16H22FN3O.ClH/c1-12-10-18-11-15(12)16(21)20-8-6-19(7-9-20)14-4-2-13(17)3-5-14;/h2-5,12,15,18H,6-11H2,1H3;1H/t12-,15-;/m1./s1. The highest BCUT2D eigenvalue weighted by Crippen LogP contribution is 2.21. The van der Waals surface area contributed by atoms with Crippen molar-refractivity contribution in [2.24, 2.45) is 11.8 Å². The van der Waals surface area contributed by atoms with E-state index < -0.39 is 0 Å². The average molecular weight is 328 g/mol. The molecule has 1 aromatic carbocycles. The summed E-state index contributed by atoms with van der Waals surface area (Å²) in [4.78, 5) is 16.7. The topological polar surface area (TPSA) is 35.6 Å². The number of hydrogen-bond donors (Lipinski definition) is 1. The van der Waals surface area contributed by atoms with E-state index in [0.29, 0.717) is 5.92 Å². The maximum Gasteiger partial charge on any atom is 0.227 e. The van der Waals surface area contributed by atoms with Crippen molar-refractivity contribution in [3.05, 3.63) is 30.1 Å². The fraction of sp³-hybridized carbons (Fsp3) is 0.562. The first-order valence-corrected chi connectivity index (χ1v) is 7.65. The molecule has 2 fully saturated rings. The molecule has 1 amide bonds. The third-order valence-corrected chi connectivity index (χ3v) is 4.62. The van der Waals surface area contributed by atoms with Crippen LogP contribution < -0.4 is 10.2 Å². The van der Waals surface area contributed by atoms with Crippen LogP contribution in [0.2, 0.25) is 0 Å². The molecule has 0 unspecified atom stereocenters. The molecule has 22 heavy (non-hydrogen) atoms. The second-order valence-corrected chi connectivity index (χ2v) is 6.03. The Morgan fingerprint density at radius 2 is 1.77 bits per heavy atom. The van der Waals surface area contributed by atoms with Gasteiger partial charge in [-0.15, -0.1) is 12.4 Å². The molecule has 6 heteroatoms. The summed E-state index contributed by atoms with van der Waals surface area (Å²) in [5.74, 6) is 0.622. The highest BCUT2D eigenvalue weighted by Gasteiger charge is 2.33. The zero-order valence-corrected chi connectivity index (χ0v) is 13.6. The SMILES string of the molecule is C[C@@H]1CNC[C@H]1C(=O)N1CCN(c2ccc(F)cc2)CC1.Cl. The Morgan fingerprint density at radius 3 is 2.32 bits per heavy atom. The van der Waals surface area contributed by atoms with Crippen molar-refractivity contribution in [1.29, 1.82) is 0 Å². The summed E-state index contributed by atoms with van der Waals surface area (Å²) < 4.78 is 13.0. The lowest BCUT2D eigenvalue weighted by Crippen LogP contribution is -2.51. The molecule has 2 aliphatic rings. The van der Waals surface area contributed by atoms with Gasteiger partial charge in [0.1, 0.15) is 5.82 Å². The van der Waals surface area contributed by atoms with Crippen LogP contribution in [0.5, 0.6) is 0 Å². The monoisotopic (exact) mass is 327 g/mol. The highest BCUT2D eigenvalue weighted by molar-refractivity contribution is 5.85. The molecule has 3 rings (SSSR count). The van der Waals surface area contributed by atoms with Gasteiger partial charge < -0.3 is 15.1 Å². The average Bonchev–Trinajstić information content (AvgIpc) is 2.94. The molecule has 0 bridgehead atoms. The van der Waals surface area contributed by atoms with Crippen LogP contribution in [0.4, 0.5) is 10.1 Å². The molecule has 2 saturated heterocycles. The maximum absolute atomic E-state index is 13.0. The van der Waals surface area contributed by atoms with Gasteiger partial charge in [0.25, 0.3) is 0 Å². The first kappa shape index (κ1) is 17.0. The zero-order chi connectivity index (χ0) is 14.8. The number of anilines is 1. The van der Waals surface area contributed by atoms with E-state index in [1.165, 1.54) is 12.1 Å². The molecule has 2 aliphatic heterocycles. The quantitative estimate of drug-likeness (QED) is 0.899. The number of piperazine rings is 1. The van der Waals surface area contributed by atoms with Gasteiger partial charge in [-0.05, 0) is 36.7 Å². The molecule has 0 aliphatic carbocycles. The molecular formula is C16H23ClFN3O. The van der Waals surface area contributed by atoms with Crippen LogP contribution in [0.1, 0.15) is 6.92 Å². The van der Waals surface area contributed by atoms with Crippen molar-refractivity contribution < 1.29 is 9.18 Å². The Balaban J connectivity index is 0.00000176. The summed E-state index contributed by atoms with van der Waals surface area (Å²) in [6.45, 7) is 7.00. The molecule has 2 heterocycles. The van der Waals surface area contributed by atoms with Crippen LogP contribution in [0.15, 0.2) is 24.3 Å². The molecule has 0 aromatic heterocycles. The van der Waals surface area contributed by atoms with Crippen LogP contribution in [0, 0.1) is 17.7 Å². The van der Waals surface area contributed by atoms with Gasteiger partial charge in [0.2, 0.25) is 5.91 Å². The lowest BCUT2D eigenvalue weighted by molar-refractivity contribution is -0.136. The Hall–Kier alpha value is -1.33. The van der Waals surface area contributed by atoms with E-state index >= 15 is 0 Å². The Kier molecular flexibility index (Phi) is 5.64. The van der Waals surface area contributed by atoms with E-state index in [1.54, 1.807) is 12.1 Å². The number of carbonyl (C=O) groups is 1. The summed E-state index contributed by atoms with van der Waals surface area (Å²) in [5.41, 5.74) is 1.03. The number of amides is 1. The number of nitrogens with zero attached hydrogens (tertiary/aromatic N) is 2. The summed E-state index contributed by atoms with van der Waals surface area (Å²) in [5, 5.41) is 3.29. The van der Waals surface area contributed by atoms with E-state index in [-0.39, 0.29) is 30.0 Å². The third-order valence-electron chi connectivity index (χ3n) is 4.62. The van der Waals surface area contributed by atoms with Gasteiger partial charge >= 0.3 is 0 Å². The van der Waals surface area contributed by atoms with E-state index in [1.807, 2.05) is 4.90 Å². The van der Waals surface area contributed by atoms with Crippen LogP contribution in [-0.4, -0.2) is 50.1 Å². The highest BCUT2D eigenvalue weighted by atomic mass is 35.5. The van der Waals surface area contributed by atoms with Gasteiger partial charge in [-0.1, -0.05) is 6.92 Å². The van der Waals surface area contributed by atoms with Gasteiger partial charge in [-0.3, -0.25) is 4.79 Å². The third kappa shape index (κ3) is 3.52. The van der Waals surface area contributed by atoms with Crippen LogP contribution in [-0.2, 0) is 4.79 Å². The van der Waals surface area contributed by atoms with Crippen molar-refractivity contribution >= 4 is 24.0 Å². The Labute approximate surface area is 137 Å². The lowest BCUT2D eigenvalue weighted by Gasteiger charge is -2.37. The van der Waals surface area contributed by atoms with E-state index in [4.69, 9.17) is 0 Å². The fourth-order valence-corrected chi connectivity index (χ4v) is 3.21. The largest absolute Gasteiger partial charge is 0.368 e. The van der Waals surface area contributed by atoms with Gasteiger partial charge in [0.05, 0.1) is 5.92 Å². The molecule has 0 saturated carbocycles. The smallest absolute Gasteiger partial charge is 0.227 e. The Morgan fingerprint density at radius 1 is 1.14 bits per heavy atom. The number of nitrogens with one attached hydrogen (secondary N) is 1. The molecule has 1 N–H and O–H groups in total.